The zero-order chi connectivity index (χ0) is 22.8. The van der Waals surface area contributed by atoms with Crippen LogP contribution in [0, 0.1) is 18.8 Å². The third-order valence-corrected chi connectivity index (χ3v) is 7.62. The van der Waals surface area contributed by atoms with Crippen LogP contribution in [-0.2, 0) is 28.4 Å². The quantitative estimate of drug-likeness (QED) is 0.584. The number of thioether (sulfide) groups is 1. The van der Waals surface area contributed by atoms with Crippen LogP contribution >= 0.6 is 11.8 Å². The molecule has 2 atom stereocenters. The van der Waals surface area contributed by atoms with Crippen molar-refractivity contribution in [2.45, 2.75) is 38.9 Å². The molecule has 0 spiro atoms. The first-order valence-electron chi connectivity index (χ1n) is 10.4. The third kappa shape index (κ3) is 6.00. The Morgan fingerprint density at radius 1 is 1.16 bits per heavy atom. The van der Waals surface area contributed by atoms with E-state index in [9.17, 15) is 13.2 Å². The van der Waals surface area contributed by atoms with E-state index in [1.165, 1.54) is 22.3 Å². The Morgan fingerprint density at radius 2 is 1.77 bits per heavy atom. The van der Waals surface area contributed by atoms with Gasteiger partial charge in [-0.2, -0.15) is 0 Å². The lowest BCUT2D eigenvalue weighted by Crippen LogP contribution is -2.43. The normalized spacial score (nSPS) is 19.5. The van der Waals surface area contributed by atoms with E-state index in [2.05, 4.69) is 24.0 Å². The minimum atomic E-state index is -3.50. The summed E-state index contributed by atoms with van der Waals surface area (Å²) in [5.74, 6) is 1.94. The minimum absolute atomic E-state index is 0.0705. The van der Waals surface area contributed by atoms with Crippen molar-refractivity contribution in [3.05, 3.63) is 35.7 Å². The molecule has 8 nitrogen and oxygen atoms in total. The van der Waals surface area contributed by atoms with Gasteiger partial charge in [-0.25, -0.2) is 8.42 Å². The Hall–Kier alpha value is -2.07. The zero-order valence-electron chi connectivity index (χ0n) is 18.8. The van der Waals surface area contributed by atoms with Crippen LogP contribution < -0.4 is 4.31 Å². The summed E-state index contributed by atoms with van der Waals surface area (Å²) in [5, 5.41) is 8.97. The predicted molar refractivity (Wildman–Crippen MR) is 123 cm³/mol. The van der Waals surface area contributed by atoms with Crippen molar-refractivity contribution < 1.29 is 13.2 Å². The lowest BCUT2D eigenvalue weighted by atomic mass is 9.92. The van der Waals surface area contributed by atoms with Gasteiger partial charge in [0, 0.05) is 20.1 Å². The standard InChI is InChI=1S/C21H31N5O3S2/c1-15-6-8-18(9-7-15)26(31(5,28)29)13-19-22-23-21(24(19)4)30-14-20(27)25-11-16(2)10-17(3)12-25/h6-9,16-17H,10-14H2,1-5H3/t16-,17-/m1/s1. The van der Waals surface area contributed by atoms with Gasteiger partial charge in [-0.1, -0.05) is 43.3 Å². The van der Waals surface area contributed by atoms with Gasteiger partial charge in [0.05, 0.1) is 24.2 Å². The fourth-order valence-corrected chi connectivity index (χ4v) is 5.62. The van der Waals surface area contributed by atoms with E-state index in [1.54, 1.807) is 23.7 Å². The topological polar surface area (TPSA) is 88.4 Å². The number of benzene rings is 1. The summed E-state index contributed by atoms with van der Waals surface area (Å²) in [7, 11) is -1.71. The number of hydrogen-bond donors (Lipinski definition) is 0. The maximum atomic E-state index is 12.7. The van der Waals surface area contributed by atoms with E-state index in [1.807, 2.05) is 24.0 Å². The maximum Gasteiger partial charge on any atom is 0.233 e. The highest BCUT2D eigenvalue weighted by Gasteiger charge is 2.26. The molecule has 0 N–H and O–H groups in total. The van der Waals surface area contributed by atoms with E-state index in [0.717, 1.165) is 25.1 Å². The summed E-state index contributed by atoms with van der Waals surface area (Å²) in [6.45, 7) is 7.98. The van der Waals surface area contributed by atoms with Crippen LogP contribution in [0.5, 0.6) is 0 Å². The van der Waals surface area contributed by atoms with Crippen LogP contribution in [0.15, 0.2) is 29.4 Å². The second-order valence-corrected chi connectivity index (χ2v) is 11.4. The summed E-state index contributed by atoms with van der Waals surface area (Å²) in [5.41, 5.74) is 1.63. The number of piperidine rings is 1. The molecular formula is C21H31N5O3S2. The van der Waals surface area contributed by atoms with Crippen LogP contribution in [-0.4, -0.2) is 59.1 Å². The van der Waals surface area contributed by atoms with Crippen molar-refractivity contribution >= 4 is 33.4 Å². The van der Waals surface area contributed by atoms with Gasteiger partial charge in [0.25, 0.3) is 0 Å². The van der Waals surface area contributed by atoms with Crippen molar-refractivity contribution in [2.24, 2.45) is 18.9 Å². The second kappa shape index (κ2) is 9.60. The number of carbonyl (C=O) groups is 1. The Kier molecular flexibility index (Phi) is 7.31. The molecule has 1 aromatic heterocycles. The number of carbonyl (C=O) groups excluding carboxylic acids is 1. The Morgan fingerprint density at radius 3 is 2.35 bits per heavy atom. The molecule has 3 rings (SSSR count). The minimum Gasteiger partial charge on any atom is -0.341 e. The number of hydrogen-bond acceptors (Lipinski definition) is 6. The first-order chi connectivity index (χ1) is 14.5. The number of rotatable bonds is 7. The highest BCUT2D eigenvalue weighted by atomic mass is 32.2. The molecule has 10 heteroatoms. The highest BCUT2D eigenvalue weighted by Crippen LogP contribution is 2.24. The number of anilines is 1. The smallest absolute Gasteiger partial charge is 0.233 e. The van der Waals surface area contributed by atoms with E-state index in [4.69, 9.17) is 0 Å². The number of aryl methyl sites for hydroxylation is 1. The lowest BCUT2D eigenvalue weighted by molar-refractivity contribution is -0.130. The van der Waals surface area contributed by atoms with Crippen LogP contribution in [0.2, 0.25) is 0 Å². The molecule has 2 heterocycles. The third-order valence-electron chi connectivity index (χ3n) is 5.48. The average Bonchev–Trinajstić information content (AvgIpc) is 3.03. The largest absolute Gasteiger partial charge is 0.341 e. The van der Waals surface area contributed by atoms with Crippen molar-refractivity contribution in [3.63, 3.8) is 0 Å². The summed E-state index contributed by atoms with van der Waals surface area (Å²) >= 11 is 1.33. The van der Waals surface area contributed by atoms with Crippen molar-refractivity contribution in [3.8, 4) is 0 Å². The number of aromatic nitrogens is 3. The highest BCUT2D eigenvalue weighted by molar-refractivity contribution is 7.99. The molecule has 1 amide bonds. The number of amides is 1. The SMILES string of the molecule is Cc1ccc(N(Cc2nnc(SCC(=O)N3C[C@H](C)C[C@@H](C)C3)n2C)S(C)(=O)=O)cc1. The van der Waals surface area contributed by atoms with Gasteiger partial charge in [0.15, 0.2) is 11.0 Å². The van der Waals surface area contributed by atoms with Crippen LogP contribution in [0.4, 0.5) is 5.69 Å². The predicted octanol–water partition coefficient (Wildman–Crippen LogP) is 2.69. The van der Waals surface area contributed by atoms with Gasteiger partial charge in [-0.15, -0.1) is 10.2 Å². The van der Waals surface area contributed by atoms with Gasteiger partial charge >= 0.3 is 0 Å². The molecule has 1 aromatic carbocycles. The molecule has 2 aromatic rings. The van der Waals surface area contributed by atoms with Crippen LogP contribution in [0.25, 0.3) is 0 Å². The fourth-order valence-electron chi connectivity index (χ4n) is 3.93. The van der Waals surface area contributed by atoms with Crippen LogP contribution in [0.3, 0.4) is 0 Å². The monoisotopic (exact) mass is 465 g/mol. The summed E-state index contributed by atoms with van der Waals surface area (Å²) < 4.78 is 27.9. The molecule has 1 fully saturated rings. The van der Waals surface area contributed by atoms with Gasteiger partial charge in [0.1, 0.15) is 0 Å². The van der Waals surface area contributed by atoms with Crippen molar-refractivity contribution in [1.29, 1.82) is 0 Å². The van der Waals surface area contributed by atoms with Crippen LogP contribution in [0.1, 0.15) is 31.7 Å². The van der Waals surface area contributed by atoms with Gasteiger partial charge in [0.2, 0.25) is 15.9 Å². The molecule has 1 saturated heterocycles. The fraction of sp³-hybridized carbons (Fsp3) is 0.571. The Balaban J connectivity index is 1.69. The molecule has 170 valence electrons. The number of nitrogens with zero attached hydrogens (tertiary/aromatic N) is 5. The molecule has 1 aliphatic heterocycles. The van der Waals surface area contributed by atoms with Crippen molar-refractivity contribution in [1.82, 2.24) is 19.7 Å². The molecule has 0 bridgehead atoms. The van der Waals surface area contributed by atoms with E-state index >= 15 is 0 Å². The van der Waals surface area contributed by atoms with E-state index in [0.29, 0.717) is 34.3 Å². The Bertz CT molecular complexity index is 1010. The summed E-state index contributed by atoms with van der Waals surface area (Å²) in [6, 6.07) is 7.31. The molecule has 0 aliphatic carbocycles. The van der Waals surface area contributed by atoms with Gasteiger partial charge in [-0.05, 0) is 37.3 Å². The van der Waals surface area contributed by atoms with E-state index < -0.39 is 10.0 Å². The molecule has 0 unspecified atom stereocenters. The molecule has 0 saturated carbocycles. The van der Waals surface area contributed by atoms with Gasteiger partial charge < -0.3 is 9.47 Å². The Labute approximate surface area is 189 Å². The molecule has 1 aliphatic rings. The summed E-state index contributed by atoms with van der Waals surface area (Å²) in [6.07, 6.45) is 2.33. The van der Waals surface area contributed by atoms with Crippen molar-refractivity contribution in [2.75, 3.05) is 29.4 Å². The molecule has 31 heavy (non-hydrogen) atoms. The molecular weight excluding hydrogens is 434 g/mol. The maximum absolute atomic E-state index is 12.7. The van der Waals surface area contributed by atoms with Gasteiger partial charge in [-0.3, -0.25) is 9.10 Å². The second-order valence-electron chi connectivity index (χ2n) is 8.60. The average molecular weight is 466 g/mol. The first-order valence-corrected chi connectivity index (χ1v) is 13.2. The lowest BCUT2D eigenvalue weighted by Gasteiger charge is -2.34. The molecule has 0 radical (unpaired) electrons. The zero-order valence-corrected chi connectivity index (χ0v) is 20.4. The number of sulfonamides is 1. The first kappa shape index (κ1) is 23.6. The van der Waals surface area contributed by atoms with E-state index in [-0.39, 0.29) is 12.5 Å². The number of likely N-dealkylation sites (tertiary alicyclic amines) is 1. The summed E-state index contributed by atoms with van der Waals surface area (Å²) in [4.78, 5) is 14.6.